The standard InChI is InChI=1S/C16H23NO3S/c1-17-16-14-7-3-2-5-12(14)8-9-15(16)21(18,19)11-13-6-4-10-20-13/h2-3,5,7,13,15-17H,4,6,8-11H2,1H3. The summed E-state index contributed by atoms with van der Waals surface area (Å²) in [6.07, 6.45) is 3.27. The summed E-state index contributed by atoms with van der Waals surface area (Å²) in [6, 6.07) is 8.04. The smallest absolute Gasteiger partial charge is 0.157 e. The summed E-state index contributed by atoms with van der Waals surface area (Å²) in [5.74, 6) is 0.165. The average Bonchev–Trinajstić information content (AvgIpc) is 2.98. The third kappa shape index (κ3) is 3.00. The van der Waals surface area contributed by atoms with Crippen LogP contribution in [0.15, 0.2) is 24.3 Å². The van der Waals surface area contributed by atoms with Crippen molar-refractivity contribution < 1.29 is 13.2 Å². The molecule has 0 bridgehead atoms. The number of nitrogens with one attached hydrogen (secondary N) is 1. The van der Waals surface area contributed by atoms with Crippen LogP contribution in [0.3, 0.4) is 0 Å². The number of benzene rings is 1. The number of hydrogen-bond donors (Lipinski definition) is 1. The van der Waals surface area contributed by atoms with Crippen LogP contribution in [0.1, 0.15) is 36.4 Å². The second-order valence-electron chi connectivity index (χ2n) is 6.01. The van der Waals surface area contributed by atoms with E-state index in [-0.39, 0.29) is 23.1 Å². The van der Waals surface area contributed by atoms with Gasteiger partial charge in [-0.1, -0.05) is 24.3 Å². The molecule has 0 amide bonds. The molecule has 1 aliphatic heterocycles. The first-order valence-corrected chi connectivity index (χ1v) is 9.41. The van der Waals surface area contributed by atoms with E-state index in [2.05, 4.69) is 11.4 Å². The first kappa shape index (κ1) is 15.0. The lowest BCUT2D eigenvalue weighted by Crippen LogP contribution is -2.42. The molecule has 1 aromatic rings. The van der Waals surface area contributed by atoms with E-state index in [9.17, 15) is 8.42 Å². The van der Waals surface area contributed by atoms with Crippen LogP contribution in [0, 0.1) is 0 Å². The molecule has 0 aromatic heterocycles. The van der Waals surface area contributed by atoms with E-state index in [1.807, 2.05) is 25.2 Å². The Bertz CT molecular complexity index is 593. The molecule has 1 N–H and O–H groups in total. The summed E-state index contributed by atoms with van der Waals surface area (Å²) in [5.41, 5.74) is 2.40. The molecule has 116 valence electrons. The fraction of sp³-hybridized carbons (Fsp3) is 0.625. The normalized spacial score (nSPS) is 29.3. The van der Waals surface area contributed by atoms with Gasteiger partial charge in [-0.15, -0.1) is 0 Å². The third-order valence-electron chi connectivity index (χ3n) is 4.67. The molecule has 3 atom stereocenters. The molecule has 0 saturated carbocycles. The number of fused-ring (bicyclic) bond motifs is 1. The molecular weight excluding hydrogens is 286 g/mol. The number of hydrogen-bond acceptors (Lipinski definition) is 4. The van der Waals surface area contributed by atoms with Gasteiger partial charge in [0, 0.05) is 12.6 Å². The van der Waals surface area contributed by atoms with Gasteiger partial charge in [0.2, 0.25) is 0 Å². The van der Waals surface area contributed by atoms with Crippen LogP contribution in [0.5, 0.6) is 0 Å². The minimum atomic E-state index is -3.16. The van der Waals surface area contributed by atoms with E-state index in [1.165, 1.54) is 5.56 Å². The maximum atomic E-state index is 12.8. The molecule has 3 unspecified atom stereocenters. The zero-order chi connectivity index (χ0) is 14.9. The molecule has 2 aliphatic rings. The lowest BCUT2D eigenvalue weighted by atomic mass is 9.87. The number of aryl methyl sites for hydroxylation is 1. The van der Waals surface area contributed by atoms with Crippen molar-refractivity contribution in [3.05, 3.63) is 35.4 Å². The predicted molar refractivity (Wildman–Crippen MR) is 83.1 cm³/mol. The highest BCUT2D eigenvalue weighted by molar-refractivity contribution is 7.92. The SMILES string of the molecule is CNC1c2ccccc2CCC1S(=O)(=O)CC1CCCO1. The molecule has 21 heavy (non-hydrogen) atoms. The lowest BCUT2D eigenvalue weighted by Gasteiger charge is -2.33. The minimum Gasteiger partial charge on any atom is -0.377 e. The molecule has 1 aromatic carbocycles. The summed E-state index contributed by atoms with van der Waals surface area (Å²) in [4.78, 5) is 0. The fourth-order valence-corrected chi connectivity index (χ4v) is 5.82. The van der Waals surface area contributed by atoms with E-state index in [4.69, 9.17) is 4.74 Å². The molecule has 1 fully saturated rings. The number of ether oxygens (including phenoxy) is 1. The van der Waals surface area contributed by atoms with Gasteiger partial charge in [0.1, 0.15) is 0 Å². The van der Waals surface area contributed by atoms with E-state index in [1.54, 1.807) is 0 Å². The summed E-state index contributed by atoms with van der Waals surface area (Å²) < 4.78 is 31.1. The molecule has 1 saturated heterocycles. The second-order valence-corrected chi connectivity index (χ2v) is 8.27. The van der Waals surface area contributed by atoms with Crippen molar-refractivity contribution in [2.24, 2.45) is 0 Å². The molecule has 5 heteroatoms. The van der Waals surface area contributed by atoms with Crippen LogP contribution in [-0.2, 0) is 21.0 Å². The molecule has 3 rings (SSSR count). The summed E-state index contributed by atoms with van der Waals surface area (Å²) >= 11 is 0. The Labute approximate surface area is 126 Å². The van der Waals surface area contributed by atoms with Crippen molar-refractivity contribution in [3.63, 3.8) is 0 Å². The van der Waals surface area contributed by atoms with Gasteiger partial charge in [-0.2, -0.15) is 0 Å². The Kier molecular flexibility index (Phi) is 4.33. The van der Waals surface area contributed by atoms with E-state index < -0.39 is 9.84 Å². The van der Waals surface area contributed by atoms with Crippen LogP contribution in [0.4, 0.5) is 0 Å². The number of rotatable bonds is 4. The largest absolute Gasteiger partial charge is 0.377 e. The predicted octanol–water partition coefficient (Wildman–Crippen LogP) is 1.86. The highest BCUT2D eigenvalue weighted by Gasteiger charge is 2.39. The highest BCUT2D eigenvalue weighted by atomic mass is 32.2. The van der Waals surface area contributed by atoms with Crippen molar-refractivity contribution in [2.75, 3.05) is 19.4 Å². The van der Waals surface area contributed by atoms with Crippen LogP contribution in [-0.4, -0.2) is 39.2 Å². The second kappa shape index (κ2) is 6.07. The molecule has 1 heterocycles. The van der Waals surface area contributed by atoms with Gasteiger partial charge in [-0.05, 0) is 43.9 Å². The van der Waals surface area contributed by atoms with Crippen LogP contribution >= 0.6 is 0 Å². The quantitative estimate of drug-likeness (QED) is 0.922. The lowest BCUT2D eigenvalue weighted by molar-refractivity contribution is 0.127. The third-order valence-corrected chi connectivity index (χ3v) is 6.94. The Morgan fingerprint density at radius 1 is 1.29 bits per heavy atom. The molecule has 4 nitrogen and oxygen atoms in total. The van der Waals surface area contributed by atoms with E-state index >= 15 is 0 Å². The molecule has 0 radical (unpaired) electrons. The Morgan fingerprint density at radius 2 is 2.10 bits per heavy atom. The zero-order valence-corrected chi connectivity index (χ0v) is 13.2. The van der Waals surface area contributed by atoms with Crippen molar-refractivity contribution in [2.45, 2.75) is 43.1 Å². The molecule has 0 spiro atoms. The Hall–Kier alpha value is -0.910. The molecular formula is C16H23NO3S. The van der Waals surface area contributed by atoms with Crippen molar-refractivity contribution >= 4 is 9.84 Å². The summed E-state index contributed by atoms with van der Waals surface area (Å²) in [7, 11) is -1.31. The number of sulfone groups is 1. The maximum Gasteiger partial charge on any atom is 0.157 e. The Balaban J connectivity index is 1.84. The average molecular weight is 309 g/mol. The fourth-order valence-electron chi connectivity index (χ4n) is 3.62. The van der Waals surface area contributed by atoms with Crippen molar-refractivity contribution in [3.8, 4) is 0 Å². The summed E-state index contributed by atoms with van der Waals surface area (Å²) in [5, 5.41) is 2.88. The molecule has 1 aliphatic carbocycles. The summed E-state index contributed by atoms with van der Waals surface area (Å²) in [6.45, 7) is 0.698. The van der Waals surface area contributed by atoms with Gasteiger partial charge >= 0.3 is 0 Å². The van der Waals surface area contributed by atoms with Crippen LogP contribution < -0.4 is 5.32 Å². The van der Waals surface area contributed by atoms with Gasteiger partial charge < -0.3 is 10.1 Å². The highest BCUT2D eigenvalue weighted by Crippen LogP contribution is 2.34. The first-order valence-electron chi connectivity index (χ1n) is 7.70. The van der Waals surface area contributed by atoms with Gasteiger partial charge in [-0.25, -0.2) is 8.42 Å². The van der Waals surface area contributed by atoms with Crippen molar-refractivity contribution in [1.29, 1.82) is 0 Å². The first-order chi connectivity index (χ1) is 10.1. The monoisotopic (exact) mass is 309 g/mol. The van der Waals surface area contributed by atoms with Gasteiger partial charge in [0.15, 0.2) is 9.84 Å². The van der Waals surface area contributed by atoms with E-state index in [0.717, 1.165) is 24.8 Å². The van der Waals surface area contributed by atoms with Crippen LogP contribution in [0.2, 0.25) is 0 Å². The van der Waals surface area contributed by atoms with Crippen LogP contribution in [0.25, 0.3) is 0 Å². The van der Waals surface area contributed by atoms with Gasteiger partial charge in [-0.3, -0.25) is 0 Å². The zero-order valence-electron chi connectivity index (χ0n) is 12.4. The topological polar surface area (TPSA) is 55.4 Å². The van der Waals surface area contributed by atoms with Crippen molar-refractivity contribution in [1.82, 2.24) is 5.32 Å². The minimum absolute atomic E-state index is 0.107. The Morgan fingerprint density at radius 3 is 2.81 bits per heavy atom. The van der Waals surface area contributed by atoms with Gasteiger partial charge in [0.05, 0.1) is 17.1 Å². The van der Waals surface area contributed by atoms with Gasteiger partial charge in [0.25, 0.3) is 0 Å². The maximum absolute atomic E-state index is 12.8. The van der Waals surface area contributed by atoms with E-state index in [0.29, 0.717) is 13.0 Å².